The topological polar surface area (TPSA) is 48.6 Å². The predicted molar refractivity (Wildman–Crippen MR) is 107 cm³/mol. The molecule has 2 heterocycles. The van der Waals surface area contributed by atoms with Gasteiger partial charge in [0, 0.05) is 12.8 Å². The molecule has 0 atom stereocenters. The van der Waals surface area contributed by atoms with Gasteiger partial charge in [-0.1, -0.05) is 23.7 Å². The van der Waals surface area contributed by atoms with Gasteiger partial charge in [-0.15, -0.1) is 0 Å². The number of fused-ring (bicyclic) bond motifs is 1. The Morgan fingerprint density at radius 1 is 1.13 bits per heavy atom. The van der Waals surface area contributed by atoms with Gasteiger partial charge in [0.05, 0.1) is 23.5 Å². The molecule has 0 unspecified atom stereocenters. The average Bonchev–Trinajstić information content (AvgIpc) is 3.16. The van der Waals surface area contributed by atoms with E-state index in [1.54, 1.807) is 36.5 Å². The summed E-state index contributed by atoms with van der Waals surface area (Å²) in [6.45, 7) is 0.536. The summed E-state index contributed by atoms with van der Waals surface area (Å²) < 4.78 is 52.3. The first-order valence-electron chi connectivity index (χ1n) is 9.11. The zero-order chi connectivity index (χ0) is 21.3. The molecule has 1 aliphatic rings. The van der Waals surface area contributed by atoms with Crippen LogP contribution in [0.3, 0.4) is 0 Å². The number of methoxy groups -OCH3 is 1. The summed E-state index contributed by atoms with van der Waals surface area (Å²) in [4.78, 5) is 4.25. The van der Waals surface area contributed by atoms with E-state index in [1.807, 2.05) is 6.07 Å². The van der Waals surface area contributed by atoms with Crippen molar-refractivity contribution in [2.24, 2.45) is 4.99 Å². The number of benzene rings is 2. The average molecular weight is 436 g/mol. The highest BCUT2D eigenvalue weighted by atomic mass is 35.5. The van der Waals surface area contributed by atoms with Gasteiger partial charge in [0.1, 0.15) is 6.61 Å². The Balaban J connectivity index is 1.69. The van der Waals surface area contributed by atoms with Crippen LogP contribution in [-0.2, 0) is 19.2 Å². The predicted octanol–water partition coefficient (Wildman–Crippen LogP) is 5.11. The van der Waals surface area contributed by atoms with Crippen LogP contribution in [0.15, 0.2) is 47.5 Å². The lowest BCUT2D eigenvalue weighted by molar-refractivity contribution is -0.141. The highest BCUT2D eigenvalue weighted by Gasteiger charge is 2.35. The molecule has 1 aromatic heterocycles. The van der Waals surface area contributed by atoms with Crippen LogP contribution in [0, 0.1) is 0 Å². The van der Waals surface area contributed by atoms with E-state index in [9.17, 15) is 13.2 Å². The molecule has 9 heteroatoms. The maximum atomic E-state index is 13.3. The van der Waals surface area contributed by atoms with Gasteiger partial charge >= 0.3 is 6.18 Å². The third-order valence-electron chi connectivity index (χ3n) is 4.70. The number of nitrogens with zero attached hydrogens (tertiary/aromatic N) is 3. The van der Waals surface area contributed by atoms with E-state index in [-0.39, 0.29) is 17.3 Å². The Bertz CT molecular complexity index is 1110. The lowest BCUT2D eigenvalue weighted by atomic mass is 10.0. The van der Waals surface area contributed by atoms with Crippen molar-refractivity contribution in [3.8, 4) is 17.2 Å². The van der Waals surface area contributed by atoms with Crippen LogP contribution in [0.25, 0.3) is 5.69 Å². The van der Waals surface area contributed by atoms with Crippen LogP contribution in [0.1, 0.15) is 22.5 Å². The van der Waals surface area contributed by atoms with Crippen molar-refractivity contribution in [2.45, 2.75) is 19.2 Å². The standard InChI is InChI=1S/C21H17ClF3N3O2/c1-29-18-8-13-6-7-26-11-14(13)9-19(18)30-12-15-10-20(21(23,24)25)27-28(15)17-5-3-2-4-16(17)22/h2-5,8-11H,6-7,12H2,1H3. The van der Waals surface area contributed by atoms with Gasteiger partial charge in [-0.3, -0.25) is 4.99 Å². The Morgan fingerprint density at radius 3 is 2.67 bits per heavy atom. The molecule has 0 fully saturated rings. The molecule has 2 aromatic carbocycles. The van der Waals surface area contributed by atoms with E-state index in [2.05, 4.69) is 10.1 Å². The number of para-hydroxylation sites is 1. The second kappa shape index (κ2) is 8.02. The number of ether oxygens (including phenoxy) is 2. The Hall–Kier alpha value is -3.00. The van der Waals surface area contributed by atoms with Crippen molar-refractivity contribution in [3.63, 3.8) is 0 Å². The normalized spacial score (nSPS) is 13.2. The van der Waals surface area contributed by atoms with Gasteiger partial charge in [0.2, 0.25) is 0 Å². The Labute approximate surface area is 175 Å². The number of rotatable bonds is 5. The maximum Gasteiger partial charge on any atom is 0.435 e. The maximum absolute atomic E-state index is 13.3. The summed E-state index contributed by atoms with van der Waals surface area (Å²) in [6, 6.07) is 11.1. The fourth-order valence-corrected chi connectivity index (χ4v) is 3.44. The molecule has 3 aromatic rings. The zero-order valence-electron chi connectivity index (χ0n) is 15.9. The molecule has 0 radical (unpaired) electrons. The second-order valence-electron chi connectivity index (χ2n) is 6.66. The highest BCUT2D eigenvalue weighted by molar-refractivity contribution is 6.32. The molecule has 5 nitrogen and oxygen atoms in total. The zero-order valence-corrected chi connectivity index (χ0v) is 16.7. The molecule has 0 N–H and O–H groups in total. The number of hydrogen-bond donors (Lipinski definition) is 0. The first kappa shape index (κ1) is 20.3. The minimum atomic E-state index is -4.60. The van der Waals surface area contributed by atoms with Crippen LogP contribution >= 0.6 is 11.6 Å². The number of hydrogen-bond acceptors (Lipinski definition) is 4. The lowest BCUT2D eigenvalue weighted by Crippen LogP contribution is -2.09. The van der Waals surface area contributed by atoms with E-state index < -0.39 is 11.9 Å². The van der Waals surface area contributed by atoms with Crippen LogP contribution in [0.2, 0.25) is 5.02 Å². The fourth-order valence-electron chi connectivity index (χ4n) is 3.22. The largest absolute Gasteiger partial charge is 0.493 e. The number of aliphatic imine (C=N–C) groups is 1. The molecule has 156 valence electrons. The lowest BCUT2D eigenvalue weighted by Gasteiger charge is -2.16. The van der Waals surface area contributed by atoms with Gasteiger partial charge in [-0.25, -0.2) is 4.68 Å². The van der Waals surface area contributed by atoms with E-state index in [0.29, 0.717) is 23.7 Å². The number of alkyl halides is 3. The molecule has 0 amide bonds. The molecular weight excluding hydrogens is 419 g/mol. The quantitative estimate of drug-likeness (QED) is 0.559. The number of halogens is 4. The summed E-state index contributed by atoms with van der Waals surface area (Å²) in [7, 11) is 1.52. The first-order chi connectivity index (χ1) is 14.4. The van der Waals surface area contributed by atoms with E-state index in [4.69, 9.17) is 21.1 Å². The summed E-state index contributed by atoms with van der Waals surface area (Å²) in [5.74, 6) is 0.911. The highest BCUT2D eigenvalue weighted by Crippen LogP contribution is 2.34. The molecule has 0 saturated heterocycles. The SMILES string of the molecule is COc1cc2c(cc1OCc1cc(C(F)(F)F)nn1-c1ccccc1Cl)C=NCC2. The third-order valence-corrected chi connectivity index (χ3v) is 5.02. The van der Waals surface area contributed by atoms with Crippen LogP contribution in [-0.4, -0.2) is 29.6 Å². The first-order valence-corrected chi connectivity index (χ1v) is 9.49. The van der Waals surface area contributed by atoms with Crippen molar-refractivity contribution < 1.29 is 22.6 Å². The third kappa shape index (κ3) is 4.00. The van der Waals surface area contributed by atoms with E-state index in [0.717, 1.165) is 28.3 Å². The van der Waals surface area contributed by atoms with Gasteiger partial charge in [0.25, 0.3) is 0 Å². The molecule has 0 aliphatic carbocycles. The monoisotopic (exact) mass is 435 g/mol. The number of aromatic nitrogens is 2. The molecule has 30 heavy (non-hydrogen) atoms. The Kier molecular flexibility index (Phi) is 5.42. The Morgan fingerprint density at radius 2 is 1.93 bits per heavy atom. The molecule has 4 rings (SSSR count). The minimum Gasteiger partial charge on any atom is -0.493 e. The van der Waals surface area contributed by atoms with Crippen molar-refractivity contribution in [3.05, 3.63) is 70.0 Å². The molecule has 0 spiro atoms. The van der Waals surface area contributed by atoms with Crippen molar-refractivity contribution in [1.29, 1.82) is 0 Å². The molecular formula is C21H17ClF3N3O2. The van der Waals surface area contributed by atoms with Crippen LogP contribution < -0.4 is 9.47 Å². The summed E-state index contributed by atoms with van der Waals surface area (Å²) >= 11 is 6.18. The van der Waals surface area contributed by atoms with Gasteiger partial charge in [-0.2, -0.15) is 18.3 Å². The van der Waals surface area contributed by atoms with E-state index in [1.165, 1.54) is 7.11 Å². The van der Waals surface area contributed by atoms with Gasteiger partial charge < -0.3 is 9.47 Å². The molecule has 1 aliphatic heterocycles. The minimum absolute atomic E-state index is 0.166. The summed E-state index contributed by atoms with van der Waals surface area (Å²) in [5, 5.41) is 3.99. The summed E-state index contributed by atoms with van der Waals surface area (Å²) in [5.41, 5.74) is 1.48. The van der Waals surface area contributed by atoms with Crippen LogP contribution in [0.4, 0.5) is 13.2 Å². The smallest absolute Gasteiger partial charge is 0.435 e. The molecule has 0 saturated carbocycles. The second-order valence-corrected chi connectivity index (χ2v) is 7.06. The van der Waals surface area contributed by atoms with Crippen molar-refractivity contribution in [2.75, 3.05) is 13.7 Å². The fraction of sp³-hybridized carbons (Fsp3) is 0.238. The van der Waals surface area contributed by atoms with Gasteiger partial charge in [-0.05, 0) is 47.9 Å². The van der Waals surface area contributed by atoms with E-state index >= 15 is 0 Å². The summed E-state index contributed by atoms with van der Waals surface area (Å²) in [6.07, 6.45) is -2.06. The van der Waals surface area contributed by atoms with Crippen molar-refractivity contribution in [1.82, 2.24) is 9.78 Å². The van der Waals surface area contributed by atoms with Crippen LogP contribution in [0.5, 0.6) is 11.5 Å². The molecule has 0 bridgehead atoms. The van der Waals surface area contributed by atoms with Gasteiger partial charge in [0.15, 0.2) is 17.2 Å². The van der Waals surface area contributed by atoms with Crippen molar-refractivity contribution >= 4 is 17.8 Å².